The van der Waals surface area contributed by atoms with E-state index in [4.69, 9.17) is 11.1 Å². The van der Waals surface area contributed by atoms with Crippen molar-refractivity contribution in [2.45, 2.75) is 39.7 Å². The van der Waals surface area contributed by atoms with E-state index in [1.807, 2.05) is 27.7 Å². The Hall–Kier alpha value is -1.64. The molecule has 0 amide bonds. The monoisotopic (exact) mass is 208 g/mol. The molecule has 0 aromatic carbocycles. The molecule has 82 valence electrons. The van der Waals surface area contributed by atoms with Gasteiger partial charge in [-0.05, 0) is 24.4 Å². The SMILES string of the molecule is CCC(C)=C(CN=[N+]=[N-])C(C)(C)N=[N+]=[N-]. The van der Waals surface area contributed by atoms with E-state index < -0.39 is 5.54 Å². The second-order valence-electron chi connectivity index (χ2n) is 3.75. The number of hydrogen-bond donors (Lipinski definition) is 0. The molecule has 0 heterocycles. The van der Waals surface area contributed by atoms with Gasteiger partial charge in [-0.15, -0.1) is 0 Å². The van der Waals surface area contributed by atoms with E-state index in [0.717, 1.165) is 17.6 Å². The Labute approximate surface area is 89.2 Å². The zero-order valence-electron chi connectivity index (χ0n) is 9.60. The van der Waals surface area contributed by atoms with Crippen molar-refractivity contribution in [2.75, 3.05) is 6.54 Å². The van der Waals surface area contributed by atoms with E-state index in [9.17, 15) is 0 Å². The zero-order chi connectivity index (χ0) is 11.9. The molecule has 0 aliphatic carbocycles. The minimum atomic E-state index is -0.636. The molecular formula is C9H16N6. The smallest absolute Gasteiger partial charge is 0.0645 e. The second-order valence-corrected chi connectivity index (χ2v) is 3.75. The topological polar surface area (TPSA) is 97.5 Å². The van der Waals surface area contributed by atoms with E-state index in [0.29, 0.717) is 0 Å². The first-order valence-electron chi connectivity index (χ1n) is 4.75. The van der Waals surface area contributed by atoms with Crippen LogP contribution in [-0.4, -0.2) is 12.1 Å². The summed E-state index contributed by atoms with van der Waals surface area (Å²) in [7, 11) is 0. The molecule has 0 aliphatic heterocycles. The van der Waals surface area contributed by atoms with E-state index in [-0.39, 0.29) is 6.54 Å². The lowest BCUT2D eigenvalue weighted by Crippen LogP contribution is -2.22. The zero-order valence-corrected chi connectivity index (χ0v) is 9.60. The minimum Gasteiger partial charge on any atom is -0.0896 e. The first-order chi connectivity index (χ1) is 6.99. The van der Waals surface area contributed by atoms with Gasteiger partial charge in [0, 0.05) is 16.4 Å². The van der Waals surface area contributed by atoms with E-state index >= 15 is 0 Å². The van der Waals surface area contributed by atoms with Gasteiger partial charge < -0.3 is 0 Å². The van der Waals surface area contributed by atoms with Crippen molar-refractivity contribution in [1.82, 2.24) is 0 Å². The molecule has 0 rings (SSSR count). The molecule has 6 heteroatoms. The largest absolute Gasteiger partial charge is 0.0896 e. The average Bonchev–Trinajstić information content (AvgIpc) is 2.17. The van der Waals surface area contributed by atoms with Gasteiger partial charge in [0.25, 0.3) is 0 Å². The van der Waals surface area contributed by atoms with Crippen LogP contribution in [0.4, 0.5) is 0 Å². The van der Waals surface area contributed by atoms with Crippen molar-refractivity contribution in [3.05, 3.63) is 32.0 Å². The summed E-state index contributed by atoms with van der Waals surface area (Å²) >= 11 is 0. The maximum absolute atomic E-state index is 8.46. The number of rotatable bonds is 5. The lowest BCUT2D eigenvalue weighted by atomic mass is 9.90. The normalized spacial score (nSPS) is 12.3. The lowest BCUT2D eigenvalue weighted by molar-refractivity contribution is 0.585. The van der Waals surface area contributed by atoms with E-state index in [1.165, 1.54) is 0 Å². The summed E-state index contributed by atoms with van der Waals surface area (Å²) in [5.41, 5.74) is 18.1. The van der Waals surface area contributed by atoms with Crippen LogP contribution in [0.2, 0.25) is 0 Å². The lowest BCUT2D eigenvalue weighted by Gasteiger charge is -2.23. The van der Waals surface area contributed by atoms with Gasteiger partial charge in [0.15, 0.2) is 0 Å². The molecular weight excluding hydrogens is 192 g/mol. The highest BCUT2D eigenvalue weighted by Gasteiger charge is 2.22. The Kier molecular flexibility index (Phi) is 5.31. The predicted molar refractivity (Wildman–Crippen MR) is 60.2 cm³/mol. The van der Waals surface area contributed by atoms with E-state index in [2.05, 4.69) is 20.1 Å². The van der Waals surface area contributed by atoms with Crippen LogP contribution >= 0.6 is 0 Å². The summed E-state index contributed by atoms with van der Waals surface area (Å²) in [5, 5.41) is 7.25. The molecule has 0 spiro atoms. The summed E-state index contributed by atoms with van der Waals surface area (Å²) in [4.78, 5) is 5.53. The van der Waals surface area contributed by atoms with Gasteiger partial charge in [-0.3, -0.25) is 0 Å². The molecule has 0 bridgehead atoms. The molecule has 0 unspecified atom stereocenters. The van der Waals surface area contributed by atoms with Gasteiger partial charge in [0.2, 0.25) is 0 Å². The summed E-state index contributed by atoms with van der Waals surface area (Å²) in [6, 6.07) is 0. The van der Waals surface area contributed by atoms with Crippen molar-refractivity contribution in [3.8, 4) is 0 Å². The summed E-state index contributed by atoms with van der Waals surface area (Å²) in [6.07, 6.45) is 0.848. The maximum Gasteiger partial charge on any atom is 0.0645 e. The van der Waals surface area contributed by atoms with Crippen LogP contribution in [0, 0.1) is 0 Å². The summed E-state index contributed by atoms with van der Waals surface area (Å²) in [6.45, 7) is 7.85. The molecule has 6 nitrogen and oxygen atoms in total. The van der Waals surface area contributed by atoms with Crippen molar-refractivity contribution in [1.29, 1.82) is 0 Å². The highest BCUT2D eigenvalue weighted by Crippen LogP contribution is 2.26. The van der Waals surface area contributed by atoms with Crippen molar-refractivity contribution < 1.29 is 0 Å². The van der Waals surface area contributed by atoms with Gasteiger partial charge in [0.05, 0.1) is 5.54 Å². The van der Waals surface area contributed by atoms with Gasteiger partial charge in [-0.2, -0.15) is 0 Å². The predicted octanol–water partition coefficient (Wildman–Crippen LogP) is 4.11. The Morgan fingerprint density at radius 1 is 1.27 bits per heavy atom. The highest BCUT2D eigenvalue weighted by molar-refractivity contribution is 5.25. The van der Waals surface area contributed by atoms with Crippen LogP contribution in [0.25, 0.3) is 20.9 Å². The molecule has 15 heavy (non-hydrogen) atoms. The molecule has 0 saturated heterocycles. The van der Waals surface area contributed by atoms with Crippen LogP contribution in [0.15, 0.2) is 21.4 Å². The fraction of sp³-hybridized carbons (Fsp3) is 0.778. The van der Waals surface area contributed by atoms with Crippen LogP contribution < -0.4 is 0 Å². The second kappa shape index (κ2) is 5.96. The van der Waals surface area contributed by atoms with Gasteiger partial charge in [-0.1, -0.05) is 42.1 Å². The van der Waals surface area contributed by atoms with Crippen LogP contribution in [0.5, 0.6) is 0 Å². The van der Waals surface area contributed by atoms with Crippen LogP contribution in [0.3, 0.4) is 0 Å². The van der Waals surface area contributed by atoms with Gasteiger partial charge >= 0.3 is 0 Å². The van der Waals surface area contributed by atoms with Gasteiger partial charge in [0.1, 0.15) is 0 Å². The van der Waals surface area contributed by atoms with Crippen molar-refractivity contribution in [3.63, 3.8) is 0 Å². The molecule has 0 aromatic rings. The number of azide groups is 2. The third kappa shape index (κ3) is 3.94. The third-order valence-corrected chi connectivity index (χ3v) is 2.37. The third-order valence-electron chi connectivity index (χ3n) is 2.37. The first-order valence-corrected chi connectivity index (χ1v) is 4.75. The molecule has 0 fully saturated rings. The number of hydrogen-bond acceptors (Lipinski definition) is 2. The van der Waals surface area contributed by atoms with Crippen molar-refractivity contribution in [2.24, 2.45) is 10.2 Å². The minimum absolute atomic E-state index is 0.252. The Bertz CT molecular complexity index is 342. The molecule has 0 aromatic heterocycles. The van der Waals surface area contributed by atoms with Crippen molar-refractivity contribution >= 4 is 0 Å². The summed E-state index contributed by atoms with van der Waals surface area (Å²) in [5.74, 6) is 0. The molecule has 0 aliphatic rings. The highest BCUT2D eigenvalue weighted by atomic mass is 15.2. The Balaban J connectivity index is 5.28. The quantitative estimate of drug-likeness (QED) is 0.281. The average molecular weight is 208 g/mol. The standard InChI is InChI=1S/C9H16N6/c1-5-7(2)8(6-12-14-10)9(3,4)13-15-11/h5-6H2,1-4H3. The first kappa shape index (κ1) is 13.4. The van der Waals surface area contributed by atoms with Crippen LogP contribution in [-0.2, 0) is 0 Å². The molecule has 0 N–H and O–H groups in total. The molecule has 0 saturated carbocycles. The molecule has 0 radical (unpaired) electrons. The number of allylic oxidation sites excluding steroid dienone is 1. The fourth-order valence-corrected chi connectivity index (χ4v) is 1.34. The maximum atomic E-state index is 8.46. The fourth-order valence-electron chi connectivity index (χ4n) is 1.34. The Morgan fingerprint density at radius 3 is 2.27 bits per heavy atom. The van der Waals surface area contributed by atoms with Gasteiger partial charge in [-0.25, -0.2) is 0 Å². The molecule has 0 atom stereocenters. The van der Waals surface area contributed by atoms with Crippen LogP contribution in [0.1, 0.15) is 34.1 Å². The van der Waals surface area contributed by atoms with E-state index in [1.54, 1.807) is 0 Å². The Morgan fingerprint density at radius 2 is 1.87 bits per heavy atom. The summed E-state index contributed by atoms with van der Waals surface area (Å²) < 4.78 is 0. The number of nitrogens with zero attached hydrogens (tertiary/aromatic N) is 6.